The van der Waals surface area contributed by atoms with Crippen molar-refractivity contribution in [1.29, 1.82) is 0 Å². The van der Waals surface area contributed by atoms with Gasteiger partial charge in [0.1, 0.15) is 5.69 Å². The molecular weight excluding hydrogens is 288 g/mol. The lowest BCUT2D eigenvalue weighted by Gasteiger charge is -2.07. The molecule has 0 fully saturated rings. The van der Waals surface area contributed by atoms with E-state index in [1.807, 2.05) is 0 Å². The molecule has 1 aromatic rings. The van der Waals surface area contributed by atoms with Crippen LogP contribution >= 0.6 is 15.9 Å². The molecule has 4 nitrogen and oxygen atoms in total. The van der Waals surface area contributed by atoms with Crippen molar-refractivity contribution >= 4 is 21.9 Å². The summed E-state index contributed by atoms with van der Waals surface area (Å²) in [5.74, 6) is -0.778. The maximum absolute atomic E-state index is 12.5. The molecule has 0 amide bonds. The fraction of sp³-hybridized carbons (Fsp3) is 0.333. The topological polar surface area (TPSA) is 59.2 Å². The zero-order valence-electron chi connectivity index (χ0n) is 8.22. The standard InChI is InChI=1S/C9H8BrF2NO3/c1-16-9(15)4-2-6(14)7(8(11)12)5(3-10)13-4/h2,8H,3H2,1H3,(H,13,14). The number of nitrogens with one attached hydrogen (secondary N) is 1. The predicted molar refractivity (Wildman–Crippen MR) is 56.0 cm³/mol. The molecule has 88 valence electrons. The number of methoxy groups -OCH3 is 1. The largest absolute Gasteiger partial charge is 0.464 e. The van der Waals surface area contributed by atoms with E-state index in [9.17, 15) is 18.4 Å². The van der Waals surface area contributed by atoms with Crippen LogP contribution in [0, 0.1) is 0 Å². The second-order valence-electron chi connectivity index (χ2n) is 2.87. The number of esters is 1. The van der Waals surface area contributed by atoms with Gasteiger partial charge in [-0.15, -0.1) is 0 Å². The molecule has 16 heavy (non-hydrogen) atoms. The summed E-state index contributed by atoms with van der Waals surface area (Å²) in [5.41, 5.74) is -1.69. The summed E-state index contributed by atoms with van der Waals surface area (Å²) in [6, 6.07) is 0.805. The van der Waals surface area contributed by atoms with Crippen LogP contribution in [-0.2, 0) is 10.1 Å². The van der Waals surface area contributed by atoms with Gasteiger partial charge in [0.15, 0.2) is 5.43 Å². The number of halogens is 3. The summed E-state index contributed by atoms with van der Waals surface area (Å²) in [7, 11) is 1.13. The molecule has 7 heteroatoms. The van der Waals surface area contributed by atoms with Crippen LogP contribution in [0.4, 0.5) is 8.78 Å². The maximum atomic E-state index is 12.5. The predicted octanol–water partition coefficient (Wildman–Crippen LogP) is 1.99. The molecule has 0 radical (unpaired) electrons. The van der Waals surface area contributed by atoms with Crippen molar-refractivity contribution in [3.05, 3.63) is 33.2 Å². The van der Waals surface area contributed by atoms with E-state index in [1.165, 1.54) is 0 Å². The van der Waals surface area contributed by atoms with E-state index in [0.717, 1.165) is 13.2 Å². The molecule has 0 spiro atoms. The lowest BCUT2D eigenvalue weighted by Crippen LogP contribution is -2.18. The van der Waals surface area contributed by atoms with E-state index < -0.39 is 23.4 Å². The van der Waals surface area contributed by atoms with E-state index in [1.54, 1.807) is 0 Å². The molecule has 1 N–H and O–H groups in total. The average molecular weight is 296 g/mol. The molecule has 0 unspecified atom stereocenters. The third kappa shape index (κ3) is 2.46. The third-order valence-corrected chi connectivity index (χ3v) is 2.47. The van der Waals surface area contributed by atoms with Crippen LogP contribution in [-0.4, -0.2) is 18.1 Å². The van der Waals surface area contributed by atoms with Crippen LogP contribution in [0.15, 0.2) is 10.9 Å². The lowest BCUT2D eigenvalue weighted by atomic mass is 10.2. The van der Waals surface area contributed by atoms with E-state index in [0.29, 0.717) is 0 Å². The average Bonchev–Trinajstić information content (AvgIpc) is 2.26. The molecule has 1 rings (SSSR count). The number of H-pyrrole nitrogens is 1. The number of ether oxygens (including phenoxy) is 1. The van der Waals surface area contributed by atoms with Crippen molar-refractivity contribution in [2.45, 2.75) is 11.8 Å². The first-order chi connectivity index (χ1) is 7.51. The number of carbonyl (C=O) groups is 1. The quantitative estimate of drug-likeness (QED) is 0.685. The minimum atomic E-state index is -2.89. The Hall–Kier alpha value is -1.24. The Morgan fingerprint density at radius 3 is 2.69 bits per heavy atom. The maximum Gasteiger partial charge on any atom is 0.354 e. The van der Waals surface area contributed by atoms with Gasteiger partial charge >= 0.3 is 5.97 Å². The molecule has 1 aromatic heterocycles. The number of rotatable bonds is 3. The van der Waals surface area contributed by atoms with Gasteiger partial charge in [-0.05, 0) is 0 Å². The van der Waals surface area contributed by atoms with Crippen molar-refractivity contribution in [2.75, 3.05) is 7.11 Å². The van der Waals surface area contributed by atoms with Gasteiger partial charge in [-0.25, -0.2) is 13.6 Å². The Morgan fingerprint density at radius 1 is 1.62 bits per heavy atom. The van der Waals surface area contributed by atoms with E-state index in [4.69, 9.17) is 0 Å². The van der Waals surface area contributed by atoms with E-state index >= 15 is 0 Å². The molecule has 0 aliphatic carbocycles. The van der Waals surface area contributed by atoms with Gasteiger partial charge in [0.2, 0.25) is 0 Å². The first-order valence-corrected chi connectivity index (χ1v) is 5.32. The van der Waals surface area contributed by atoms with Gasteiger partial charge in [0, 0.05) is 17.1 Å². The summed E-state index contributed by atoms with van der Waals surface area (Å²) >= 11 is 2.96. The minimum Gasteiger partial charge on any atom is -0.464 e. The summed E-state index contributed by atoms with van der Waals surface area (Å²) in [6.07, 6.45) is -2.89. The Balaban J connectivity index is 3.38. The van der Waals surface area contributed by atoms with Crippen LogP contribution in [0.3, 0.4) is 0 Å². The number of pyridine rings is 1. The fourth-order valence-electron chi connectivity index (χ4n) is 1.19. The Bertz CT molecular complexity index is 459. The molecule has 0 bridgehead atoms. The van der Waals surface area contributed by atoms with Crippen LogP contribution in [0.5, 0.6) is 0 Å². The SMILES string of the molecule is COC(=O)c1cc(=O)c(C(F)F)c(CBr)[nH]1. The van der Waals surface area contributed by atoms with Crippen LogP contribution in [0.2, 0.25) is 0 Å². The monoisotopic (exact) mass is 295 g/mol. The normalized spacial score (nSPS) is 10.6. The summed E-state index contributed by atoms with van der Waals surface area (Å²) in [6.45, 7) is 0. The second-order valence-corrected chi connectivity index (χ2v) is 3.43. The smallest absolute Gasteiger partial charge is 0.354 e. The zero-order valence-corrected chi connectivity index (χ0v) is 9.81. The van der Waals surface area contributed by atoms with Gasteiger partial charge < -0.3 is 9.72 Å². The number of aromatic amines is 1. The molecule has 0 saturated carbocycles. The van der Waals surface area contributed by atoms with Crippen molar-refractivity contribution < 1.29 is 18.3 Å². The number of carbonyl (C=O) groups excluding carboxylic acids is 1. The van der Waals surface area contributed by atoms with Crippen molar-refractivity contribution in [3.8, 4) is 0 Å². The molecule has 0 aliphatic heterocycles. The molecule has 0 atom stereocenters. The minimum absolute atomic E-state index is 0.0206. The summed E-state index contributed by atoms with van der Waals surface area (Å²) in [4.78, 5) is 24.9. The van der Waals surface area contributed by atoms with Gasteiger partial charge in [-0.1, -0.05) is 15.9 Å². The Kier molecular flexibility index (Phi) is 4.17. The zero-order chi connectivity index (χ0) is 12.3. The highest BCUT2D eigenvalue weighted by atomic mass is 79.9. The van der Waals surface area contributed by atoms with Crippen molar-refractivity contribution in [2.24, 2.45) is 0 Å². The van der Waals surface area contributed by atoms with Gasteiger partial charge in [-0.2, -0.15) is 0 Å². The lowest BCUT2D eigenvalue weighted by molar-refractivity contribution is 0.0593. The van der Waals surface area contributed by atoms with E-state index in [-0.39, 0.29) is 16.7 Å². The first kappa shape index (κ1) is 12.8. The Morgan fingerprint density at radius 2 is 2.25 bits per heavy atom. The van der Waals surface area contributed by atoms with Gasteiger partial charge in [0.25, 0.3) is 6.43 Å². The molecular formula is C9H8BrF2NO3. The van der Waals surface area contributed by atoms with Crippen molar-refractivity contribution in [1.82, 2.24) is 4.98 Å². The highest BCUT2D eigenvalue weighted by Crippen LogP contribution is 2.20. The highest BCUT2D eigenvalue weighted by Gasteiger charge is 2.20. The number of hydrogen-bond acceptors (Lipinski definition) is 3. The molecule has 1 heterocycles. The van der Waals surface area contributed by atoms with Crippen LogP contribution < -0.4 is 5.43 Å². The molecule has 0 aliphatic rings. The fourth-order valence-corrected chi connectivity index (χ4v) is 1.63. The second kappa shape index (κ2) is 5.20. The number of hydrogen-bond donors (Lipinski definition) is 1. The van der Waals surface area contributed by atoms with Gasteiger partial charge in [0.05, 0.1) is 12.7 Å². The molecule has 0 saturated heterocycles. The number of alkyl halides is 3. The van der Waals surface area contributed by atoms with Crippen LogP contribution in [0.25, 0.3) is 0 Å². The summed E-state index contributed by atoms with van der Waals surface area (Å²) in [5, 5.41) is 0.0206. The van der Waals surface area contributed by atoms with Crippen molar-refractivity contribution in [3.63, 3.8) is 0 Å². The highest BCUT2D eigenvalue weighted by molar-refractivity contribution is 9.08. The molecule has 0 aromatic carbocycles. The number of aromatic nitrogens is 1. The van der Waals surface area contributed by atoms with E-state index in [2.05, 4.69) is 25.7 Å². The van der Waals surface area contributed by atoms with Gasteiger partial charge in [-0.3, -0.25) is 4.79 Å². The first-order valence-electron chi connectivity index (χ1n) is 4.19. The third-order valence-electron chi connectivity index (χ3n) is 1.91. The van der Waals surface area contributed by atoms with Crippen LogP contribution in [0.1, 0.15) is 28.2 Å². The Labute approximate surface area is 97.7 Å². The summed E-state index contributed by atoms with van der Waals surface area (Å²) < 4.78 is 29.4.